The fourth-order valence-corrected chi connectivity index (χ4v) is 3.37. The normalized spacial score (nSPS) is 11.0. The van der Waals surface area contributed by atoms with Crippen LogP contribution in [0.15, 0.2) is 85.6 Å². The Hall–Kier alpha value is -4.33. The molecule has 5 rings (SSSR count). The predicted molar refractivity (Wildman–Crippen MR) is 115 cm³/mol. The lowest BCUT2D eigenvalue weighted by atomic mass is 10.1. The van der Waals surface area contributed by atoms with Crippen molar-refractivity contribution in [1.82, 2.24) is 24.1 Å². The van der Waals surface area contributed by atoms with Gasteiger partial charge in [0.25, 0.3) is 5.91 Å². The van der Waals surface area contributed by atoms with Gasteiger partial charge >= 0.3 is 0 Å². The Balaban J connectivity index is 1.48. The van der Waals surface area contributed by atoms with E-state index in [1.807, 2.05) is 40.9 Å². The average Bonchev–Trinajstić information content (AvgIpc) is 3.49. The van der Waals surface area contributed by atoms with E-state index in [4.69, 9.17) is 0 Å². The van der Waals surface area contributed by atoms with Crippen LogP contribution in [0.3, 0.4) is 0 Å². The summed E-state index contributed by atoms with van der Waals surface area (Å²) in [7, 11) is 1.63. The maximum absolute atomic E-state index is 13.2. The van der Waals surface area contributed by atoms with Gasteiger partial charge in [-0.1, -0.05) is 12.1 Å². The van der Waals surface area contributed by atoms with Crippen LogP contribution in [0.1, 0.15) is 10.5 Å². The number of hydrogen-bond donors (Lipinski definition) is 0. The van der Waals surface area contributed by atoms with Crippen LogP contribution < -0.4 is 4.90 Å². The molecule has 0 unspecified atom stereocenters. The maximum Gasteiger partial charge on any atom is 0.278 e. The molecule has 0 spiro atoms. The highest BCUT2D eigenvalue weighted by Crippen LogP contribution is 2.23. The maximum atomic E-state index is 13.2. The van der Waals surface area contributed by atoms with Crippen LogP contribution in [0.4, 0.5) is 10.1 Å². The molecule has 0 aliphatic heterocycles. The smallest absolute Gasteiger partial charge is 0.278 e. The van der Waals surface area contributed by atoms with Gasteiger partial charge in [0.1, 0.15) is 11.5 Å². The summed E-state index contributed by atoms with van der Waals surface area (Å²) in [5.74, 6) is -0.659. The van der Waals surface area contributed by atoms with Crippen molar-refractivity contribution in [2.45, 2.75) is 0 Å². The first-order valence-corrected chi connectivity index (χ1v) is 9.57. The molecule has 2 aromatic carbocycles. The van der Waals surface area contributed by atoms with Gasteiger partial charge in [0.15, 0.2) is 5.65 Å². The topological polar surface area (TPSA) is 68.3 Å². The van der Waals surface area contributed by atoms with E-state index in [1.165, 1.54) is 17.0 Å². The third-order valence-electron chi connectivity index (χ3n) is 5.07. The summed E-state index contributed by atoms with van der Waals surface area (Å²) in [5, 5.41) is 4.23. The Morgan fingerprint density at radius 2 is 1.77 bits per heavy atom. The fraction of sp³-hybridized carbons (Fsp3) is 0.0435. The largest absolute Gasteiger partial charge is 0.310 e. The number of halogens is 1. The van der Waals surface area contributed by atoms with E-state index < -0.39 is 0 Å². The molecule has 7 nitrogen and oxygen atoms in total. The summed E-state index contributed by atoms with van der Waals surface area (Å²) < 4.78 is 16.8. The molecular formula is C23H17FN6O. The monoisotopic (exact) mass is 412 g/mol. The Kier molecular flexibility index (Phi) is 4.51. The van der Waals surface area contributed by atoms with Gasteiger partial charge in [-0.15, -0.1) is 0 Å². The van der Waals surface area contributed by atoms with E-state index >= 15 is 0 Å². The van der Waals surface area contributed by atoms with Crippen molar-refractivity contribution in [1.29, 1.82) is 0 Å². The molecule has 0 N–H and O–H groups in total. The number of anilines is 1. The second kappa shape index (κ2) is 7.49. The summed E-state index contributed by atoms with van der Waals surface area (Å²) in [6, 6.07) is 15.5. The summed E-state index contributed by atoms with van der Waals surface area (Å²) in [6.45, 7) is 0. The molecule has 0 saturated heterocycles. The van der Waals surface area contributed by atoms with E-state index in [1.54, 1.807) is 48.6 Å². The zero-order chi connectivity index (χ0) is 21.4. The number of carbonyl (C=O) groups is 1. The van der Waals surface area contributed by atoms with E-state index in [0.29, 0.717) is 11.3 Å². The summed E-state index contributed by atoms with van der Waals surface area (Å²) >= 11 is 0. The van der Waals surface area contributed by atoms with E-state index in [2.05, 4.69) is 15.1 Å². The SMILES string of the molecule is CN(C(=O)c1cn2c(-c3ccc(-n4cccn4)cc3)cnc2cn1)c1ccc(F)cc1. The Morgan fingerprint density at radius 1 is 1.00 bits per heavy atom. The van der Waals surface area contributed by atoms with E-state index in [0.717, 1.165) is 16.9 Å². The third-order valence-corrected chi connectivity index (χ3v) is 5.07. The first-order valence-electron chi connectivity index (χ1n) is 9.57. The highest BCUT2D eigenvalue weighted by atomic mass is 19.1. The third kappa shape index (κ3) is 3.44. The average molecular weight is 412 g/mol. The first kappa shape index (κ1) is 18.7. The van der Waals surface area contributed by atoms with Crippen LogP contribution in [-0.2, 0) is 0 Å². The van der Waals surface area contributed by atoms with Crippen molar-refractivity contribution < 1.29 is 9.18 Å². The molecule has 0 bridgehead atoms. The molecule has 1 amide bonds. The number of imidazole rings is 1. The highest BCUT2D eigenvalue weighted by Gasteiger charge is 2.17. The number of fused-ring (bicyclic) bond motifs is 1. The zero-order valence-electron chi connectivity index (χ0n) is 16.6. The van der Waals surface area contributed by atoms with Gasteiger partial charge in [-0.05, 0) is 42.5 Å². The number of amides is 1. The van der Waals surface area contributed by atoms with Crippen molar-refractivity contribution in [3.8, 4) is 16.9 Å². The highest BCUT2D eigenvalue weighted by molar-refractivity contribution is 6.04. The summed E-state index contributed by atoms with van der Waals surface area (Å²) in [4.78, 5) is 23.0. The Bertz CT molecular complexity index is 1360. The molecule has 3 heterocycles. The van der Waals surface area contributed by atoms with Gasteiger partial charge in [-0.3, -0.25) is 9.20 Å². The first-order chi connectivity index (χ1) is 15.1. The molecule has 0 atom stereocenters. The number of rotatable bonds is 4. The predicted octanol–water partition coefficient (Wildman–Crippen LogP) is 4.00. The van der Waals surface area contributed by atoms with Crippen LogP contribution >= 0.6 is 0 Å². The van der Waals surface area contributed by atoms with Crippen molar-refractivity contribution in [2.24, 2.45) is 0 Å². The molecule has 0 fully saturated rings. The molecule has 8 heteroatoms. The van der Waals surface area contributed by atoms with Crippen LogP contribution in [0.5, 0.6) is 0 Å². The van der Waals surface area contributed by atoms with E-state index in [-0.39, 0.29) is 17.4 Å². The second-order valence-electron chi connectivity index (χ2n) is 6.98. The molecule has 152 valence electrons. The van der Waals surface area contributed by atoms with Crippen molar-refractivity contribution in [2.75, 3.05) is 11.9 Å². The van der Waals surface area contributed by atoms with Gasteiger partial charge < -0.3 is 4.90 Å². The van der Waals surface area contributed by atoms with Gasteiger partial charge in [0.2, 0.25) is 0 Å². The number of carbonyl (C=O) groups excluding carboxylic acids is 1. The Morgan fingerprint density at radius 3 is 2.48 bits per heavy atom. The molecule has 0 aliphatic rings. The summed E-state index contributed by atoms with van der Waals surface area (Å²) in [6.07, 6.45) is 8.59. The number of aromatic nitrogens is 5. The lowest BCUT2D eigenvalue weighted by Gasteiger charge is -2.17. The molecule has 5 aromatic rings. The van der Waals surface area contributed by atoms with Crippen LogP contribution in [0, 0.1) is 5.82 Å². The quantitative estimate of drug-likeness (QED) is 0.448. The van der Waals surface area contributed by atoms with Gasteiger partial charge in [0, 0.05) is 36.9 Å². The standard InChI is InChI=1S/C23H17FN6O/c1-28(18-9-5-17(24)6-10-18)23(31)20-15-29-21(13-26-22(29)14-25-20)16-3-7-19(8-4-16)30-12-2-11-27-30/h2-15H,1H3. The second-order valence-corrected chi connectivity index (χ2v) is 6.98. The number of nitrogens with zero attached hydrogens (tertiary/aromatic N) is 6. The van der Waals surface area contributed by atoms with Crippen LogP contribution in [0.2, 0.25) is 0 Å². The number of hydrogen-bond acceptors (Lipinski definition) is 4. The van der Waals surface area contributed by atoms with Crippen molar-refractivity contribution >= 4 is 17.2 Å². The molecule has 31 heavy (non-hydrogen) atoms. The summed E-state index contributed by atoms with van der Waals surface area (Å²) in [5.41, 5.74) is 4.19. The Labute approximate surface area is 177 Å². The molecule has 3 aromatic heterocycles. The van der Waals surface area contributed by atoms with Gasteiger partial charge in [0.05, 0.1) is 23.8 Å². The van der Waals surface area contributed by atoms with Gasteiger partial charge in [-0.25, -0.2) is 19.0 Å². The lowest BCUT2D eigenvalue weighted by Crippen LogP contribution is -2.27. The van der Waals surface area contributed by atoms with E-state index in [9.17, 15) is 9.18 Å². The minimum absolute atomic E-state index is 0.256. The van der Waals surface area contributed by atoms with Crippen molar-refractivity contribution in [3.63, 3.8) is 0 Å². The molecule has 0 saturated carbocycles. The fourth-order valence-electron chi connectivity index (χ4n) is 3.37. The van der Waals surface area contributed by atoms with Crippen molar-refractivity contribution in [3.05, 3.63) is 97.1 Å². The molecule has 0 aliphatic carbocycles. The molecular weight excluding hydrogens is 395 g/mol. The minimum atomic E-state index is -0.356. The van der Waals surface area contributed by atoms with Crippen LogP contribution in [0.25, 0.3) is 22.6 Å². The minimum Gasteiger partial charge on any atom is -0.310 e. The molecule has 0 radical (unpaired) electrons. The lowest BCUT2D eigenvalue weighted by molar-refractivity contribution is 0.0988. The van der Waals surface area contributed by atoms with Crippen LogP contribution in [-0.4, -0.2) is 37.1 Å². The number of benzene rings is 2. The van der Waals surface area contributed by atoms with Gasteiger partial charge in [-0.2, -0.15) is 5.10 Å². The zero-order valence-corrected chi connectivity index (χ0v) is 16.6.